The normalized spacial score (nSPS) is 17.3. The van der Waals surface area contributed by atoms with Gasteiger partial charge >= 0.3 is 0 Å². The lowest BCUT2D eigenvalue weighted by Crippen LogP contribution is -2.47. The van der Waals surface area contributed by atoms with Crippen molar-refractivity contribution < 1.29 is 9.84 Å². The highest BCUT2D eigenvalue weighted by molar-refractivity contribution is 5.85. The number of hydrogen-bond acceptors (Lipinski definition) is 4. The number of ether oxygens (including phenoxy) is 1. The Labute approximate surface area is 160 Å². The van der Waals surface area contributed by atoms with E-state index in [0.29, 0.717) is 6.54 Å². The minimum Gasteiger partial charge on any atom is -0.497 e. The summed E-state index contributed by atoms with van der Waals surface area (Å²) in [6, 6.07) is 16.5. The number of β-amino-alcohol motifs (C(OH)–C–C–N with tert-alkyl or cyclic N) is 1. The van der Waals surface area contributed by atoms with Crippen LogP contribution in [0.25, 0.3) is 10.9 Å². The molecule has 2 aromatic carbocycles. The first-order valence-electron chi connectivity index (χ1n) is 9.54. The largest absolute Gasteiger partial charge is 0.497 e. The molecule has 3 aromatic rings. The molecule has 4 rings (SSSR count). The Bertz CT molecular complexity index is 870. The van der Waals surface area contributed by atoms with Crippen LogP contribution in [0.3, 0.4) is 0 Å². The number of piperazine rings is 1. The van der Waals surface area contributed by atoms with E-state index in [1.54, 1.807) is 7.11 Å². The van der Waals surface area contributed by atoms with Gasteiger partial charge in [0, 0.05) is 61.9 Å². The van der Waals surface area contributed by atoms with Gasteiger partial charge in [-0.3, -0.25) is 9.80 Å². The number of aliphatic hydroxyl groups excluding tert-OH is 1. The molecule has 1 aliphatic heterocycles. The van der Waals surface area contributed by atoms with Crippen LogP contribution in [0, 0.1) is 0 Å². The number of aromatic nitrogens is 1. The van der Waals surface area contributed by atoms with E-state index in [9.17, 15) is 5.11 Å². The molecule has 0 aliphatic carbocycles. The number of benzene rings is 2. The minimum absolute atomic E-state index is 0.508. The molecule has 5 nitrogen and oxygen atoms in total. The molecule has 0 radical (unpaired) electrons. The zero-order valence-electron chi connectivity index (χ0n) is 15.8. The minimum atomic E-state index is -0.508. The van der Waals surface area contributed by atoms with Gasteiger partial charge in [0.15, 0.2) is 0 Å². The van der Waals surface area contributed by atoms with E-state index < -0.39 is 6.10 Å². The van der Waals surface area contributed by atoms with Crippen LogP contribution >= 0.6 is 0 Å². The lowest BCUT2D eigenvalue weighted by Gasteiger charge is -2.35. The monoisotopic (exact) mass is 365 g/mol. The van der Waals surface area contributed by atoms with Crippen molar-refractivity contribution in [3.8, 4) is 5.75 Å². The summed E-state index contributed by atoms with van der Waals surface area (Å²) < 4.78 is 5.33. The molecule has 1 atom stereocenters. The Balaban J connectivity index is 1.35. The van der Waals surface area contributed by atoms with Gasteiger partial charge in [-0.15, -0.1) is 0 Å². The summed E-state index contributed by atoms with van der Waals surface area (Å²) in [5.41, 5.74) is 3.33. The molecule has 1 fully saturated rings. The Morgan fingerprint density at radius 1 is 1.04 bits per heavy atom. The third-order valence-electron chi connectivity index (χ3n) is 5.42. The first-order chi connectivity index (χ1) is 13.2. The summed E-state index contributed by atoms with van der Waals surface area (Å²) in [5, 5.41) is 11.8. The summed E-state index contributed by atoms with van der Waals surface area (Å²) in [4.78, 5) is 8.08. The highest BCUT2D eigenvalue weighted by Crippen LogP contribution is 2.28. The molecule has 2 N–H and O–H groups in total. The van der Waals surface area contributed by atoms with Gasteiger partial charge in [0.05, 0.1) is 13.2 Å². The van der Waals surface area contributed by atoms with Gasteiger partial charge in [0.25, 0.3) is 0 Å². The van der Waals surface area contributed by atoms with Gasteiger partial charge in [0.1, 0.15) is 5.75 Å². The average Bonchev–Trinajstić information content (AvgIpc) is 3.13. The molecule has 1 saturated heterocycles. The standard InChI is InChI=1S/C22H27N3O2/c1-27-18-7-8-21-19(13-18)20(14-23-21)22(26)16-25-11-9-24(10-12-25)15-17-5-3-2-4-6-17/h2-8,13-14,22-23,26H,9-12,15-16H2,1H3/t22-/m0/s1. The summed E-state index contributed by atoms with van der Waals surface area (Å²) in [6.07, 6.45) is 1.41. The molecule has 1 aromatic heterocycles. The Hall–Kier alpha value is -2.34. The fraction of sp³-hybridized carbons (Fsp3) is 0.364. The average molecular weight is 365 g/mol. The Morgan fingerprint density at radius 2 is 1.78 bits per heavy atom. The molecular weight excluding hydrogens is 338 g/mol. The lowest BCUT2D eigenvalue weighted by atomic mass is 10.1. The van der Waals surface area contributed by atoms with Crippen molar-refractivity contribution in [2.24, 2.45) is 0 Å². The Kier molecular flexibility index (Phi) is 5.43. The summed E-state index contributed by atoms with van der Waals surface area (Å²) in [5.74, 6) is 0.810. The van der Waals surface area contributed by atoms with Crippen molar-refractivity contribution in [1.29, 1.82) is 0 Å². The fourth-order valence-electron chi connectivity index (χ4n) is 3.84. The molecule has 27 heavy (non-hydrogen) atoms. The van der Waals surface area contributed by atoms with Gasteiger partial charge in [-0.1, -0.05) is 30.3 Å². The molecule has 5 heteroatoms. The van der Waals surface area contributed by atoms with E-state index in [1.807, 2.05) is 24.4 Å². The van der Waals surface area contributed by atoms with E-state index in [0.717, 1.165) is 54.9 Å². The van der Waals surface area contributed by atoms with Crippen molar-refractivity contribution >= 4 is 10.9 Å². The first kappa shape index (κ1) is 18.0. The van der Waals surface area contributed by atoms with Crippen molar-refractivity contribution in [3.63, 3.8) is 0 Å². The number of methoxy groups -OCH3 is 1. The first-order valence-corrected chi connectivity index (χ1v) is 9.54. The maximum absolute atomic E-state index is 10.8. The van der Waals surface area contributed by atoms with E-state index in [1.165, 1.54) is 5.56 Å². The zero-order valence-corrected chi connectivity index (χ0v) is 15.8. The van der Waals surface area contributed by atoms with Crippen molar-refractivity contribution in [3.05, 3.63) is 65.9 Å². The number of rotatable bonds is 6. The maximum atomic E-state index is 10.8. The fourth-order valence-corrected chi connectivity index (χ4v) is 3.84. The lowest BCUT2D eigenvalue weighted by molar-refractivity contribution is 0.0707. The number of hydrogen-bond donors (Lipinski definition) is 2. The third-order valence-corrected chi connectivity index (χ3v) is 5.42. The second-order valence-electron chi connectivity index (χ2n) is 7.23. The second-order valence-corrected chi connectivity index (χ2v) is 7.23. The predicted octanol–water partition coefficient (Wildman–Crippen LogP) is 3.03. The molecular formula is C22H27N3O2. The molecule has 0 unspecified atom stereocenters. The SMILES string of the molecule is COc1ccc2[nH]cc([C@@H](O)CN3CCN(Cc4ccccc4)CC3)c2c1. The van der Waals surface area contributed by atoms with Crippen LogP contribution in [-0.2, 0) is 6.54 Å². The van der Waals surface area contributed by atoms with E-state index >= 15 is 0 Å². The van der Waals surface area contributed by atoms with Crippen LogP contribution in [-0.4, -0.2) is 59.7 Å². The smallest absolute Gasteiger partial charge is 0.119 e. The van der Waals surface area contributed by atoms with Crippen LogP contribution in [0.1, 0.15) is 17.2 Å². The van der Waals surface area contributed by atoms with Crippen molar-refractivity contribution in [2.45, 2.75) is 12.6 Å². The van der Waals surface area contributed by atoms with Crippen LogP contribution in [0.15, 0.2) is 54.7 Å². The van der Waals surface area contributed by atoms with Gasteiger partial charge in [-0.05, 0) is 23.8 Å². The van der Waals surface area contributed by atoms with Gasteiger partial charge in [-0.2, -0.15) is 0 Å². The quantitative estimate of drug-likeness (QED) is 0.705. The number of nitrogens with one attached hydrogen (secondary N) is 1. The molecule has 0 spiro atoms. The molecule has 0 saturated carbocycles. The highest BCUT2D eigenvalue weighted by atomic mass is 16.5. The topological polar surface area (TPSA) is 51.7 Å². The summed E-state index contributed by atoms with van der Waals surface area (Å²) >= 11 is 0. The number of aromatic amines is 1. The number of fused-ring (bicyclic) bond motifs is 1. The van der Waals surface area contributed by atoms with Gasteiger partial charge < -0.3 is 14.8 Å². The molecule has 1 aliphatic rings. The summed E-state index contributed by atoms with van der Waals surface area (Å²) in [7, 11) is 1.67. The number of aliphatic hydroxyl groups is 1. The molecule has 2 heterocycles. The highest BCUT2D eigenvalue weighted by Gasteiger charge is 2.21. The van der Waals surface area contributed by atoms with E-state index in [2.05, 4.69) is 45.1 Å². The second kappa shape index (κ2) is 8.13. The van der Waals surface area contributed by atoms with Crippen LogP contribution in [0.4, 0.5) is 0 Å². The van der Waals surface area contributed by atoms with Gasteiger partial charge in [-0.25, -0.2) is 0 Å². The van der Waals surface area contributed by atoms with Crippen LogP contribution in [0.2, 0.25) is 0 Å². The molecule has 0 amide bonds. The number of H-pyrrole nitrogens is 1. The van der Waals surface area contributed by atoms with E-state index in [4.69, 9.17) is 4.74 Å². The number of nitrogens with zero attached hydrogens (tertiary/aromatic N) is 2. The predicted molar refractivity (Wildman–Crippen MR) is 108 cm³/mol. The molecule has 142 valence electrons. The van der Waals surface area contributed by atoms with Crippen molar-refractivity contribution in [2.75, 3.05) is 39.8 Å². The van der Waals surface area contributed by atoms with Crippen molar-refractivity contribution in [1.82, 2.24) is 14.8 Å². The van der Waals surface area contributed by atoms with Crippen LogP contribution in [0.5, 0.6) is 5.75 Å². The van der Waals surface area contributed by atoms with Gasteiger partial charge in [0.2, 0.25) is 0 Å². The van der Waals surface area contributed by atoms with E-state index in [-0.39, 0.29) is 0 Å². The maximum Gasteiger partial charge on any atom is 0.119 e. The Morgan fingerprint density at radius 3 is 2.52 bits per heavy atom. The summed E-state index contributed by atoms with van der Waals surface area (Å²) in [6.45, 7) is 5.68. The molecule has 0 bridgehead atoms. The van der Waals surface area contributed by atoms with Crippen LogP contribution < -0.4 is 4.74 Å². The zero-order chi connectivity index (χ0) is 18.6. The third kappa shape index (κ3) is 4.16.